The Morgan fingerprint density at radius 2 is 2.00 bits per heavy atom. The zero-order valence-corrected chi connectivity index (χ0v) is 7.56. The zero-order chi connectivity index (χ0) is 7.82. The summed E-state index contributed by atoms with van der Waals surface area (Å²) in [6.07, 6.45) is 9.82. The predicted molar refractivity (Wildman–Crippen MR) is 48.1 cm³/mol. The summed E-state index contributed by atoms with van der Waals surface area (Å²) in [7, 11) is 0. The minimum atomic E-state index is 0.792. The van der Waals surface area contributed by atoms with E-state index < -0.39 is 0 Å². The third kappa shape index (κ3) is 5.87. The van der Waals surface area contributed by atoms with Crippen LogP contribution in [0.1, 0.15) is 46.5 Å². The molecule has 0 bridgehead atoms. The molecule has 0 unspecified atom stereocenters. The summed E-state index contributed by atoms with van der Waals surface area (Å²) in [4.78, 5) is 0. The number of rotatable bonds is 5. The summed E-state index contributed by atoms with van der Waals surface area (Å²) < 4.78 is 0. The van der Waals surface area contributed by atoms with Crippen molar-refractivity contribution in [2.24, 2.45) is 5.92 Å². The lowest BCUT2D eigenvalue weighted by Gasteiger charge is -2.02. The molecule has 0 rings (SSSR count). The highest BCUT2D eigenvalue weighted by Crippen LogP contribution is 2.08. The van der Waals surface area contributed by atoms with Gasteiger partial charge in [0.1, 0.15) is 0 Å². The fourth-order valence-electron chi connectivity index (χ4n) is 0.991. The molecule has 0 radical (unpaired) electrons. The van der Waals surface area contributed by atoms with Crippen molar-refractivity contribution in [2.75, 3.05) is 0 Å². The van der Waals surface area contributed by atoms with Gasteiger partial charge < -0.3 is 0 Å². The largest absolute Gasteiger partial charge is 0.0885 e. The molecule has 0 heteroatoms. The minimum absolute atomic E-state index is 0.792. The smallest absolute Gasteiger partial charge is 0.0262 e. The fraction of sp³-hybridized carbons (Fsp3) is 0.800. The summed E-state index contributed by atoms with van der Waals surface area (Å²) in [5.74, 6) is 0.792. The van der Waals surface area contributed by atoms with E-state index in [0.717, 1.165) is 5.92 Å². The van der Waals surface area contributed by atoms with Gasteiger partial charge in [0.2, 0.25) is 0 Å². The van der Waals surface area contributed by atoms with Gasteiger partial charge in [-0.25, -0.2) is 0 Å². The Labute approximate surface area is 65.3 Å². The first-order valence-electron chi connectivity index (χ1n) is 4.47. The Hall–Kier alpha value is -0.260. The van der Waals surface area contributed by atoms with Crippen LogP contribution in [0.4, 0.5) is 0 Å². The molecule has 1 atom stereocenters. The molecule has 0 N–H and O–H groups in total. The Kier molecular flexibility index (Phi) is 6.68. The van der Waals surface area contributed by atoms with Crippen molar-refractivity contribution in [1.29, 1.82) is 0 Å². The van der Waals surface area contributed by atoms with Crippen LogP contribution >= 0.6 is 0 Å². The molecule has 0 nitrogen and oxygen atoms in total. The van der Waals surface area contributed by atoms with Crippen molar-refractivity contribution in [3.63, 3.8) is 0 Å². The summed E-state index contributed by atoms with van der Waals surface area (Å²) in [6, 6.07) is 0. The predicted octanol–water partition coefficient (Wildman–Crippen LogP) is 3.78. The Morgan fingerprint density at radius 3 is 2.50 bits per heavy atom. The van der Waals surface area contributed by atoms with E-state index in [1.165, 1.54) is 25.7 Å². The highest BCUT2D eigenvalue weighted by Gasteiger charge is 1.93. The van der Waals surface area contributed by atoms with E-state index in [1.54, 1.807) is 0 Å². The molecule has 0 aliphatic heterocycles. The lowest BCUT2D eigenvalue weighted by Crippen LogP contribution is -1.87. The molecule has 0 aromatic heterocycles. The van der Waals surface area contributed by atoms with Crippen LogP contribution in [-0.4, -0.2) is 0 Å². The fourth-order valence-corrected chi connectivity index (χ4v) is 0.991. The standard InChI is InChI=1S/C10H20/c1-4-6-8-10(3)9-7-5-2/h6,8,10H,4-5,7,9H2,1-3H3/b8-6+/t10-/m1/s1. The van der Waals surface area contributed by atoms with Gasteiger partial charge in [-0.2, -0.15) is 0 Å². The van der Waals surface area contributed by atoms with E-state index in [2.05, 4.69) is 32.9 Å². The monoisotopic (exact) mass is 140 g/mol. The first kappa shape index (κ1) is 9.74. The summed E-state index contributed by atoms with van der Waals surface area (Å²) in [5.41, 5.74) is 0. The Bertz CT molecular complexity index is 82.0. The highest BCUT2D eigenvalue weighted by molar-refractivity contribution is 4.84. The van der Waals surface area contributed by atoms with Crippen LogP contribution in [-0.2, 0) is 0 Å². The second-order valence-electron chi connectivity index (χ2n) is 2.96. The van der Waals surface area contributed by atoms with E-state index in [-0.39, 0.29) is 0 Å². The topological polar surface area (TPSA) is 0 Å². The normalized spacial score (nSPS) is 14.3. The van der Waals surface area contributed by atoms with Crippen LogP contribution in [0.25, 0.3) is 0 Å². The highest BCUT2D eigenvalue weighted by atomic mass is 14.0. The number of allylic oxidation sites excluding steroid dienone is 2. The van der Waals surface area contributed by atoms with Gasteiger partial charge in [-0.1, -0.05) is 45.8 Å². The second kappa shape index (κ2) is 6.85. The van der Waals surface area contributed by atoms with E-state index in [9.17, 15) is 0 Å². The minimum Gasteiger partial charge on any atom is -0.0885 e. The van der Waals surface area contributed by atoms with Gasteiger partial charge in [-0.05, 0) is 18.8 Å². The molecule has 0 aromatic carbocycles. The van der Waals surface area contributed by atoms with Crippen molar-refractivity contribution < 1.29 is 0 Å². The quantitative estimate of drug-likeness (QED) is 0.510. The van der Waals surface area contributed by atoms with Gasteiger partial charge in [0, 0.05) is 0 Å². The average Bonchev–Trinajstić information content (AvgIpc) is 1.97. The third-order valence-corrected chi connectivity index (χ3v) is 1.71. The summed E-state index contributed by atoms with van der Waals surface area (Å²) in [5, 5.41) is 0. The van der Waals surface area contributed by atoms with Gasteiger partial charge in [0.15, 0.2) is 0 Å². The van der Waals surface area contributed by atoms with Crippen molar-refractivity contribution in [1.82, 2.24) is 0 Å². The number of unbranched alkanes of at least 4 members (excludes halogenated alkanes) is 1. The summed E-state index contributed by atoms with van der Waals surface area (Å²) in [6.45, 7) is 6.72. The van der Waals surface area contributed by atoms with Crippen LogP contribution in [0, 0.1) is 5.92 Å². The van der Waals surface area contributed by atoms with Crippen LogP contribution in [0.3, 0.4) is 0 Å². The second-order valence-corrected chi connectivity index (χ2v) is 2.96. The number of hydrogen-bond donors (Lipinski definition) is 0. The molecular weight excluding hydrogens is 120 g/mol. The molecule has 0 heterocycles. The summed E-state index contributed by atoms with van der Waals surface area (Å²) >= 11 is 0. The molecule has 60 valence electrons. The van der Waals surface area contributed by atoms with Crippen LogP contribution in [0.15, 0.2) is 12.2 Å². The lowest BCUT2D eigenvalue weighted by atomic mass is 10.0. The van der Waals surface area contributed by atoms with E-state index >= 15 is 0 Å². The van der Waals surface area contributed by atoms with Gasteiger partial charge >= 0.3 is 0 Å². The molecule has 0 amide bonds. The van der Waals surface area contributed by atoms with Crippen molar-refractivity contribution >= 4 is 0 Å². The molecule has 0 saturated carbocycles. The molecular formula is C10H20. The number of hydrogen-bond acceptors (Lipinski definition) is 0. The third-order valence-electron chi connectivity index (χ3n) is 1.71. The van der Waals surface area contributed by atoms with Crippen LogP contribution in [0.5, 0.6) is 0 Å². The Morgan fingerprint density at radius 1 is 1.30 bits per heavy atom. The zero-order valence-electron chi connectivity index (χ0n) is 7.56. The molecule has 0 aliphatic carbocycles. The molecule has 0 aromatic rings. The van der Waals surface area contributed by atoms with Crippen LogP contribution < -0.4 is 0 Å². The van der Waals surface area contributed by atoms with Crippen LogP contribution in [0.2, 0.25) is 0 Å². The van der Waals surface area contributed by atoms with Gasteiger partial charge in [-0.15, -0.1) is 0 Å². The molecule has 0 aliphatic rings. The maximum absolute atomic E-state index is 2.33. The van der Waals surface area contributed by atoms with Gasteiger partial charge in [-0.3, -0.25) is 0 Å². The van der Waals surface area contributed by atoms with Crippen molar-refractivity contribution in [3.8, 4) is 0 Å². The first-order valence-corrected chi connectivity index (χ1v) is 4.47. The van der Waals surface area contributed by atoms with E-state index in [4.69, 9.17) is 0 Å². The Balaban J connectivity index is 3.24. The molecule has 0 fully saturated rings. The molecule has 10 heavy (non-hydrogen) atoms. The lowest BCUT2D eigenvalue weighted by molar-refractivity contribution is 0.597. The van der Waals surface area contributed by atoms with E-state index in [0.29, 0.717) is 0 Å². The molecule has 0 saturated heterocycles. The maximum atomic E-state index is 2.33. The van der Waals surface area contributed by atoms with Crippen molar-refractivity contribution in [2.45, 2.75) is 46.5 Å². The van der Waals surface area contributed by atoms with Gasteiger partial charge in [0.05, 0.1) is 0 Å². The molecule has 0 spiro atoms. The van der Waals surface area contributed by atoms with E-state index in [1.807, 2.05) is 0 Å². The average molecular weight is 140 g/mol. The van der Waals surface area contributed by atoms with Gasteiger partial charge in [0.25, 0.3) is 0 Å². The SMILES string of the molecule is CC/C=C/[C@@H](C)CCCC. The first-order chi connectivity index (χ1) is 4.81. The maximum Gasteiger partial charge on any atom is -0.0262 e. The van der Waals surface area contributed by atoms with Crippen molar-refractivity contribution in [3.05, 3.63) is 12.2 Å².